The highest BCUT2D eigenvalue weighted by Gasteiger charge is 2.12. The summed E-state index contributed by atoms with van der Waals surface area (Å²) in [5.74, 6) is 0.500. The average molecular weight is 362 g/mol. The van der Waals surface area contributed by atoms with Crippen LogP contribution in [-0.2, 0) is 0 Å². The van der Waals surface area contributed by atoms with Crippen molar-refractivity contribution in [2.24, 2.45) is 0 Å². The first-order chi connectivity index (χ1) is 10.2. The Balaban J connectivity index is 1.98. The Labute approximate surface area is 135 Å². The zero-order valence-electron chi connectivity index (χ0n) is 11.5. The van der Waals surface area contributed by atoms with Gasteiger partial charge in [-0.25, -0.2) is 4.98 Å². The maximum Gasteiger partial charge on any atom is 0.233 e. The molecular weight excluding hydrogens is 350 g/mol. The molecule has 0 N–H and O–H groups in total. The summed E-state index contributed by atoms with van der Waals surface area (Å²) in [6, 6.07) is 11.8. The second-order valence-electron chi connectivity index (χ2n) is 4.39. The summed E-state index contributed by atoms with van der Waals surface area (Å²) in [5, 5.41) is 8.99. The lowest BCUT2D eigenvalue weighted by molar-refractivity contribution is 0.392. The van der Waals surface area contributed by atoms with Crippen LogP contribution in [0.15, 0.2) is 40.9 Å². The fourth-order valence-corrected chi connectivity index (χ4v) is 3.09. The molecule has 0 amide bonds. The highest BCUT2D eigenvalue weighted by molar-refractivity contribution is 9.10. The molecule has 4 nitrogen and oxygen atoms in total. The molecule has 2 heterocycles. The second kappa shape index (κ2) is 5.91. The molecule has 0 spiro atoms. The number of benzene rings is 1. The molecule has 0 aliphatic heterocycles. The first-order valence-corrected chi connectivity index (χ1v) is 7.90. The number of ether oxygens (including phenoxy) is 1. The van der Waals surface area contributed by atoms with Gasteiger partial charge in [0.2, 0.25) is 5.88 Å². The van der Waals surface area contributed by atoms with Gasteiger partial charge in [-0.1, -0.05) is 28.1 Å². The number of methoxy groups -OCH3 is 1. The summed E-state index contributed by atoms with van der Waals surface area (Å²) in [4.78, 5) is 5.85. The Morgan fingerprint density at radius 3 is 2.43 bits per heavy atom. The van der Waals surface area contributed by atoms with Gasteiger partial charge in [0.15, 0.2) is 0 Å². The van der Waals surface area contributed by atoms with Crippen LogP contribution in [0.5, 0.6) is 5.88 Å². The van der Waals surface area contributed by atoms with Crippen LogP contribution in [0, 0.1) is 6.92 Å². The van der Waals surface area contributed by atoms with Crippen LogP contribution in [0.1, 0.15) is 4.88 Å². The zero-order valence-corrected chi connectivity index (χ0v) is 13.9. The van der Waals surface area contributed by atoms with Crippen molar-refractivity contribution in [3.05, 3.63) is 45.7 Å². The van der Waals surface area contributed by atoms with Crippen molar-refractivity contribution in [2.75, 3.05) is 7.11 Å². The van der Waals surface area contributed by atoms with E-state index in [1.54, 1.807) is 24.5 Å². The van der Waals surface area contributed by atoms with Gasteiger partial charge in [0.05, 0.1) is 12.8 Å². The van der Waals surface area contributed by atoms with Gasteiger partial charge in [0.1, 0.15) is 10.7 Å². The third-order valence-corrected chi connectivity index (χ3v) is 4.50. The lowest BCUT2D eigenvalue weighted by Crippen LogP contribution is -1.91. The molecule has 0 aliphatic rings. The van der Waals surface area contributed by atoms with E-state index in [0.717, 1.165) is 31.3 Å². The standard InChI is InChI=1S/C15H12BrN3OS/c1-9-14(10-3-5-11(16)6-4-10)17-15(21-9)12-7-8-13(20-2)19-18-12/h3-8H,1-2H3. The van der Waals surface area contributed by atoms with Gasteiger partial charge in [-0.05, 0) is 25.1 Å². The smallest absolute Gasteiger partial charge is 0.233 e. The van der Waals surface area contributed by atoms with Crippen molar-refractivity contribution < 1.29 is 4.74 Å². The minimum Gasteiger partial charge on any atom is -0.480 e. The average Bonchev–Trinajstić information content (AvgIpc) is 2.90. The maximum atomic E-state index is 5.02. The van der Waals surface area contributed by atoms with E-state index < -0.39 is 0 Å². The van der Waals surface area contributed by atoms with E-state index >= 15 is 0 Å². The third kappa shape index (κ3) is 2.96. The number of aromatic nitrogens is 3. The van der Waals surface area contributed by atoms with Gasteiger partial charge in [-0.3, -0.25) is 0 Å². The molecular formula is C15H12BrN3OS. The quantitative estimate of drug-likeness (QED) is 0.695. The molecule has 1 aromatic carbocycles. The van der Waals surface area contributed by atoms with Crippen LogP contribution in [0.4, 0.5) is 0 Å². The molecule has 0 aliphatic carbocycles. The normalized spacial score (nSPS) is 10.6. The number of thiazole rings is 1. The molecule has 21 heavy (non-hydrogen) atoms. The molecule has 3 rings (SSSR count). The van der Waals surface area contributed by atoms with Gasteiger partial charge in [0.25, 0.3) is 0 Å². The molecule has 0 radical (unpaired) electrons. The molecule has 0 fully saturated rings. The lowest BCUT2D eigenvalue weighted by atomic mass is 10.1. The van der Waals surface area contributed by atoms with Crippen LogP contribution in [0.2, 0.25) is 0 Å². The van der Waals surface area contributed by atoms with E-state index in [1.165, 1.54) is 0 Å². The van der Waals surface area contributed by atoms with Gasteiger partial charge in [-0.15, -0.1) is 21.5 Å². The highest BCUT2D eigenvalue weighted by Crippen LogP contribution is 2.32. The third-order valence-electron chi connectivity index (χ3n) is 2.98. The SMILES string of the molecule is COc1ccc(-c2nc(-c3ccc(Br)cc3)c(C)s2)nn1. The molecule has 6 heteroatoms. The molecule has 0 atom stereocenters. The zero-order chi connectivity index (χ0) is 14.8. The highest BCUT2D eigenvalue weighted by atomic mass is 79.9. The molecule has 0 unspecified atom stereocenters. The topological polar surface area (TPSA) is 47.9 Å². The van der Waals surface area contributed by atoms with Gasteiger partial charge in [0, 0.05) is 21.0 Å². The van der Waals surface area contributed by atoms with Crippen LogP contribution < -0.4 is 4.74 Å². The van der Waals surface area contributed by atoms with Gasteiger partial charge >= 0.3 is 0 Å². The first-order valence-electron chi connectivity index (χ1n) is 6.29. The first kappa shape index (κ1) is 14.2. The van der Waals surface area contributed by atoms with Crippen molar-refractivity contribution >= 4 is 27.3 Å². The molecule has 106 valence electrons. The van der Waals surface area contributed by atoms with Gasteiger partial charge in [-0.2, -0.15) is 0 Å². The Morgan fingerprint density at radius 2 is 1.81 bits per heavy atom. The number of nitrogens with zero attached hydrogens (tertiary/aromatic N) is 3. The second-order valence-corrected chi connectivity index (χ2v) is 6.51. The Hall–Kier alpha value is -1.79. The molecule has 0 saturated carbocycles. The largest absolute Gasteiger partial charge is 0.480 e. The fourth-order valence-electron chi connectivity index (χ4n) is 1.92. The molecule has 0 bridgehead atoms. The molecule has 2 aromatic heterocycles. The number of rotatable bonds is 3. The van der Waals surface area contributed by atoms with Crippen molar-refractivity contribution in [3.63, 3.8) is 0 Å². The summed E-state index contributed by atoms with van der Waals surface area (Å²) in [6.45, 7) is 2.06. The monoisotopic (exact) mass is 361 g/mol. The Bertz CT molecular complexity index is 754. The Kier molecular flexibility index (Phi) is 3.98. The van der Waals surface area contributed by atoms with Crippen LogP contribution >= 0.6 is 27.3 Å². The van der Waals surface area contributed by atoms with E-state index in [-0.39, 0.29) is 0 Å². The summed E-state index contributed by atoms with van der Waals surface area (Å²) < 4.78 is 6.08. The summed E-state index contributed by atoms with van der Waals surface area (Å²) in [5.41, 5.74) is 2.84. The molecule has 0 saturated heterocycles. The summed E-state index contributed by atoms with van der Waals surface area (Å²) in [6.07, 6.45) is 0. The molecule has 3 aromatic rings. The van der Waals surface area contributed by atoms with Crippen molar-refractivity contribution in [2.45, 2.75) is 6.92 Å². The van der Waals surface area contributed by atoms with Crippen LogP contribution in [0.3, 0.4) is 0 Å². The van der Waals surface area contributed by atoms with E-state index in [0.29, 0.717) is 5.88 Å². The summed E-state index contributed by atoms with van der Waals surface area (Å²) >= 11 is 5.06. The van der Waals surface area contributed by atoms with Crippen molar-refractivity contribution in [1.82, 2.24) is 15.2 Å². The lowest BCUT2D eigenvalue weighted by Gasteiger charge is -1.99. The maximum absolute atomic E-state index is 5.02. The van der Waals surface area contributed by atoms with E-state index in [9.17, 15) is 0 Å². The van der Waals surface area contributed by atoms with E-state index in [4.69, 9.17) is 9.72 Å². The minimum atomic E-state index is 0.500. The fraction of sp³-hybridized carbons (Fsp3) is 0.133. The van der Waals surface area contributed by atoms with Gasteiger partial charge < -0.3 is 4.74 Å². The number of aryl methyl sites for hydroxylation is 1. The number of hydrogen-bond acceptors (Lipinski definition) is 5. The van der Waals surface area contributed by atoms with E-state index in [2.05, 4.69) is 45.2 Å². The van der Waals surface area contributed by atoms with Crippen molar-refractivity contribution in [3.8, 4) is 27.8 Å². The van der Waals surface area contributed by atoms with E-state index in [1.807, 2.05) is 18.2 Å². The Morgan fingerprint density at radius 1 is 1.05 bits per heavy atom. The number of halogens is 1. The minimum absolute atomic E-state index is 0.500. The van der Waals surface area contributed by atoms with Crippen LogP contribution in [-0.4, -0.2) is 22.3 Å². The predicted octanol–water partition coefficient (Wildman–Crippen LogP) is 4.35. The van der Waals surface area contributed by atoms with Crippen LogP contribution in [0.25, 0.3) is 22.0 Å². The summed E-state index contributed by atoms with van der Waals surface area (Å²) in [7, 11) is 1.57. The number of hydrogen-bond donors (Lipinski definition) is 0. The van der Waals surface area contributed by atoms with Crippen molar-refractivity contribution in [1.29, 1.82) is 0 Å². The predicted molar refractivity (Wildman–Crippen MR) is 87.6 cm³/mol.